The second-order valence-electron chi connectivity index (χ2n) is 5.78. The SMILES string of the molecule is C[C@H](NCC(O)COc1ccc(Cl)cc1Cl)C1CCCC1. The van der Waals surface area contributed by atoms with E-state index in [1.807, 2.05) is 0 Å². The number of hydrogen-bond acceptors (Lipinski definition) is 3. The molecule has 0 heterocycles. The predicted molar refractivity (Wildman–Crippen MR) is 87.4 cm³/mol. The van der Waals surface area contributed by atoms with Crippen molar-refractivity contribution in [2.24, 2.45) is 5.92 Å². The van der Waals surface area contributed by atoms with Crippen LogP contribution in [0, 0.1) is 5.92 Å². The summed E-state index contributed by atoms with van der Waals surface area (Å²) in [6.07, 6.45) is 4.69. The van der Waals surface area contributed by atoms with E-state index in [9.17, 15) is 5.11 Å². The Morgan fingerprint density at radius 2 is 2.05 bits per heavy atom. The second-order valence-corrected chi connectivity index (χ2v) is 6.62. The summed E-state index contributed by atoms with van der Waals surface area (Å²) in [6.45, 7) is 2.94. The number of halogens is 2. The fourth-order valence-corrected chi connectivity index (χ4v) is 3.25. The molecule has 1 fully saturated rings. The molecule has 2 atom stereocenters. The van der Waals surface area contributed by atoms with Gasteiger partial charge in [-0.15, -0.1) is 0 Å². The summed E-state index contributed by atoms with van der Waals surface area (Å²) >= 11 is 11.8. The minimum absolute atomic E-state index is 0.214. The van der Waals surface area contributed by atoms with E-state index in [4.69, 9.17) is 27.9 Å². The molecule has 0 bridgehead atoms. The van der Waals surface area contributed by atoms with E-state index < -0.39 is 6.10 Å². The monoisotopic (exact) mass is 331 g/mol. The third kappa shape index (κ3) is 5.33. The molecule has 1 aromatic carbocycles. The largest absolute Gasteiger partial charge is 0.489 e. The molecule has 1 aliphatic rings. The van der Waals surface area contributed by atoms with Crippen molar-refractivity contribution >= 4 is 23.2 Å². The minimum Gasteiger partial charge on any atom is -0.489 e. The van der Waals surface area contributed by atoms with Crippen LogP contribution in [0.25, 0.3) is 0 Å². The molecule has 1 saturated carbocycles. The van der Waals surface area contributed by atoms with Crippen LogP contribution in [-0.2, 0) is 0 Å². The molecular weight excluding hydrogens is 309 g/mol. The zero-order chi connectivity index (χ0) is 15.2. The first-order chi connectivity index (χ1) is 10.1. The van der Waals surface area contributed by atoms with Gasteiger partial charge in [-0.3, -0.25) is 0 Å². The summed E-state index contributed by atoms with van der Waals surface area (Å²) in [5, 5.41) is 14.4. The van der Waals surface area contributed by atoms with E-state index in [0.717, 1.165) is 5.92 Å². The molecule has 1 aromatic rings. The maximum absolute atomic E-state index is 9.99. The Bertz CT molecular complexity index is 450. The number of benzene rings is 1. The summed E-state index contributed by atoms with van der Waals surface area (Å²) < 4.78 is 5.53. The van der Waals surface area contributed by atoms with E-state index in [2.05, 4.69) is 12.2 Å². The quantitative estimate of drug-likeness (QED) is 0.796. The molecule has 0 radical (unpaired) electrons. The van der Waals surface area contributed by atoms with Crippen LogP contribution in [-0.4, -0.2) is 30.4 Å². The van der Waals surface area contributed by atoms with Crippen LogP contribution in [0.3, 0.4) is 0 Å². The van der Waals surface area contributed by atoms with Gasteiger partial charge in [0.1, 0.15) is 18.5 Å². The molecule has 21 heavy (non-hydrogen) atoms. The lowest BCUT2D eigenvalue weighted by molar-refractivity contribution is 0.102. The van der Waals surface area contributed by atoms with Crippen molar-refractivity contribution in [3.8, 4) is 5.75 Å². The molecule has 1 unspecified atom stereocenters. The van der Waals surface area contributed by atoms with E-state index in [-0.39, 0.29) is 6.61 Å². The number of rotatable bonds is 7. The van der Waals surface area contributed by atoms with Crippen LogP contribution in [0.5, 0.6) is 5.75 Å². The first kappa shape index (κ1) is 16.9. The lowest BCUT2D eigenvalue weighted by Crippen LogP contribution is -2.39. The Labute approximate surface area is 136 Å². The highest BCUT2D eigenvalue weighted by molar-refractivity contribution is 6.35. The van der Waals surface area contributed by atoms with Crippen molar-refractivity contribution in [1.82, 2.24) is 5.32 Å². The molecule has 0 aliphatic heterocycles. The molecule has 0 aromatic heterocycles. The van der Waals surface area contributed by atoms with Crippen LogP contribution in [0.1, 0.15) is 32.6 Å². The number of hydrogen-bond donors (Lipinski definition) is 2. The summed E-state index contributed by atoms with van der Waals surface area (Å²) in [4.78, 5) is 0. The summed E-state index contributed by atoms with van der Waals surface area (Å²) in [5.74, 6) is 1.28. The Kier molecular flexibility index (Phi) is 6.62. The molecule has 1 aliphatic carbocycles. The number of aliphatic hydroxyl groups is 1. The second kappa shape index (κ2) is 8.23. The van der Waals surface area contributed by atoms with E-state index in [1.54, 1.807) is 18.2 Å². The van der Waals surface area contributed by atoms with Gasteiger partial charge in [0.15, 0.2) is 0 Å². The molecule has 0 saturated heterocycles. The molecule has 5 heteroatoms. The van der Waals surface area contributed by atoms with Crippen molar-refractivity contribution in [2.45, 2.75) is 44.8 Å². The summed E-state index contributed by atoms with van der Waals surface area (Å²) in [7, 11) is 0. The maximum Gasteiger partial charge on any atom is 0.138 e. The lowest BCUT2D eigenvalue weighted by Gasteiger charge is -2.22. The average molecular weight is 332 g/mol. The Morgan fingerprint density at radius 1 is 1.33 bits per heavy atom. The Balaban J connectivity index is 1.70. The van der Waals surface area contributed by atoms with Crippen molar-refractivity contribution < 1.29 is 9.84 Å². The lowest BCUT2D eigenvalue weighted by atomic mass is 10.00. The van der Waals surface area contributed by atoms with Crippen LogP contribution >= 0.6 is 23.2 Å². The topological polar surface area (TPSA) is 41.5 Å². The summed E-state index contributed by atoms with van der Waals surface area (Å²) in [5.41, 5.74) is 0. The highest BCUT2D eigenvalue weighted by Gasteiger charge is 2.21. The van der Waals surface area contributed by atoms with E-state index in [0.29, 0.717) is 28.4 Å². The fraction of sp³-hybridized carbons (Fsp3) is 0.625. The molecule has 2 N–H and O–H groups in total. The van der Waals surface area contributed by atoms with Gasteiger partial charge in [0.05, 0.1) is 5.02 Å². The zero-order valence-electron chi connectivity index (χ0n) is 12.3. The zero-order valence-corrected chi connectivity index (χ0v) is 13.8. The van der Waals surface area contributed by atoms with Crippen LogP contribution in [0.2, 0.25) is 10.0 Å². The Morgan fingerprint density at radius 3 is 2.71 bits per heavy atom. The maximum atomic E-state index is 9.99. The third-order valence-corrected chi connectivity index (χ3v) is 4.64. The van der Waals surface area contributed by atoms with Crippen LogP contribution in [0.4, 0.5) is 0 Å². The van der Waals surface area contributed by atoms with Gasteiger partial charge in [0, 0.05) is 17.6 Å². The van der Waals surface area contributed by atoms with Gasteiger partial charge >= 0.3 is 0 Å². The molecule has 0 amide bonds. The third-order valence-electron chi connectivity index (χ3n) is 4.11. The highest BCUT2D eigenvalue weighted by Crippen LogP contribution is 2.28. The highest BCUT2D eigenvalue weighted by atomic mass is 35.5. The van der Waals surface area contributed by atoms with Gasteiger partial charge in [-0.05, 0) is 43.9 Å². The van der Waals surface area contributed by atoms with E-state index >= 15 is 0 Å². The van der Waals surface area contributed by atoms with Crippen molar-refractivity contribution in [2.75, 3.05) is 13.2 Å². The normalized spacial score (nSPS) is 18.7. The van der Waals surface area contributed by atoms with Gasteiger partial charge in [-0.25, -0.2) is 0 Å². The minimum atomic E-state index is -0.555. The van der Waals surface area contributed by atoms with Crippen molar-refractivity contribution in [3.05, 3.63) is 28.2 Å². The smallest absolute Gasteiger partial charge is 0.138 e. The fourth-order valence-electron chi connectivity index (χ4n) is 2.78. The van der Waals surface area contributed by atoms with Gasteiger partial charge in [-0.2, -0.15) is 0 Å². The van der Waals surface area contributed by atoms with Crippen LogP contribution < -0.4 is 10.1 Å². The van der Waals surface area contributed by atoms with Gasteiger partial charge < -0.3 is 15.2 Å². The molecule has 0 spiro atoms. The average Bonchev–Trinajstić information content (AvgIpc) is 2.98. The summed E-state index contributed by atoms with van der Waals surface area (Å²) in [6, 6.07) is 5.51. The number of nitrogens with one attached hydrogen (secondary N) is 1. The number of aliphatic hydroxyl groups excluding tert-OH is 1. The van der Waals surface area contributed by atoms with Crippen LogP contribution in [0.15, 0.2) is 18.2 Å². The van der Waals surface area contributed by atoms with Gasteiger partial charge in [-0.1, -0.05) is 36.0 Å². The molecule has 3 nitrogen and oxygen atoms in total. The molecular formula is C16H23Cl2NO2. The van der Waals surface area contributed by atoms with Gasteiger partial charge in [0.2, 0.25) is 0 Å². The number of ether oxygens (including phenoxy) is 1. The molecule has 118 valence electrons. The van der Waals surface area contributed by atoms with Crippen molar-refractivity contribution in [1.29, 1.82) is 0 Å². The first-order valence-electron chi connectivity index (χ1n) is 7.55. The molecule has 2 rings (SSSR count). The predicted octanol–water partition coefficient (Wildman–Crippen LogP) is 3.90. The van der Waals surface area contributed by atoms with Gasteiger partial charge in [0.25, 0.3) is 0 Å². The Hall–Kier alpha value is -0.480. The van der Waals surface area contributed by atoms with Crippen molar-refractivity contribution in [3.63, 3.8) is 0 Å². The first-order valence-corrected chi connectivity index (χ1v) is 8.31. The van der Waals surface area contributed by atoms with E-state index in [1.165, 1.54) is 25.7 Å². The standard InChI is InChI=1S/C16H23Cl2NO2/c1-11(12-4-2-3-5-12)19-9-14(20)10-21-16-7-6-13(17)8-15(16)18/h6-8,11-12,14,19-20H,2-5,9-10H2,1H3/t11-,14?/m0/s1.